The molecule has 4 rings (SSSR count). The minimum absolute atomic E-state index is 0.176. The Morgan fingerprint density at radius 2 is 1.61 bits per heavy atom. The number of rotatable bonds is 2. The van der Waals surface area contributed by atoms with Crippen molar-refractivity contribution in [1.29, 1.82) is 0 Å². The molecular weight excluding hydrogens is 287 g/mol. The SMILES string of the molecule is CC1Cc2cc(-c3ccccc3)cc(-c3ccc(F)cc3)c2O1. The van der Waals surface area contributed by atoms with E-state index in [1.165, 1.54) is 28.8 Å². The number of halogens is 1. The minimum Gasteiger partial charge on any atom is -0.489 e. The molecule has 1 nitrogen and oxygen atoms in total. The van der Waals surface area contributed by atoms with Gasteiger partial charge in [-0.1, -0.05) is 42.5 Å². The van der Waals surface area contributed by atoms with Crippen LogP contribution in [0.25, 0.3) is 22.3 Å². The van der Waals surface area contributed by atoms with Crippen LogP contribution in [-0.4, -0.2) is 6.10 Å². The molecule has 1 aliphatic heterocycles. The number of fused-ring (bicyclic) bond motifs is 1. The number of hydrogen-bond donors (Lipinski definition) is 0. The monoisotopic (exact) mass is 304 g/mol. The van der Waals surface area contributed by atoms with Gasteiger partial charge in [0.2, 0.25) is 0 Å². The highest BCUT2D eigenvalue weighted by molar-refractivity contribution is 5.80. The van der Waals surface area contributed by atoms with Crippen LogP contribution in [0.15, 0.2) is 66.7 Å². The van der Waals surface area contributed by atoms with E-state index < -0.39 is 0 Å². The summed E-state index contributed by atoms with van der Waals surface area (Å²) >= 11 is 0. The predicted octanol–water partition coefficient (Wildman–Crippen LogP) is 5.48. The lowest BCUT2D eigenvalue weighted by molar-refractivity contribution is 0.255. The molecule has 3 aromatic carbocycles. The molecule has 1 atom stereocenters. The molecule has 2 heteroatoms. The van der Waals surface area contributed by atoms with Gasteiger partial charge in [0, 0.05) is 12.0 Å². The molecule has 114 valence electrons. The van der Waals surface area contributed by atoms with Crippen LogP contribution in [0, 0.1) is 5.82 Å². The molecule has 0 aromatic heterocycles. The summed E-state index contributed by atoms with van der Waals surface area (Å²) in [4.78, 5) is 0. The average molecular weight is 304 g/mol. The Balaban J connectivity index is 1.90. The zero-order valence-corrected chi connectivity index (χ0v) is 12.9. The van der Waals surface area contributed by atoms with Gasteiger partial charge in [-0.15, -0.1) is 0 Å². The van der Waals surface area contributed by atoms with Crippen LogP contribution in [0.2, 0.25) is 0 Å². The maximum absolute atomic E-state index is 13.3. The molecule has 0 saturated heterocycles. The van der Waals surface area contributed by atoms with Gasteiger partial charge in [0.15, 0.2) is 0 Å². The molecule has 1 unspecified atom stereocenters. The van der Waals surface area contributed by atoms with Crippen LogP contribution >= 0.6 is 0 Å². The second kappa shape index (κ2) is 5.54. The molecule has 0 amide bonds. The Bertz CT molecular complexity index is 838. The highest BCUT2D eigenvalue weighted by atomic mass is 19.1. The maximum atomic E-state index is 13.3. The molecule has 3 aromatic rings. The second-order valence-corrected chi connectivity index (χ2v) is 6.02. The third kappa shape index (κ3) is 2.61. The van der Waals surface area contributed by atoms with Crippen molar-refractivity contribution in [3.05, 3.63) is 78.1 Å². The number of hydrogen-bond acceptors (Lipinski definition) is 1. The number of benzene rings is 3. The summed E-state index contributed by atoms with van der Waals surface area (Å²) in [5, 5.41) is 0. The lowest BCUT2D eigenvalue weighted by Gasteiger charge is -2.12. The van der Waals surface area contributed by atoms with Crippen molar-refractivity contribution in [2.45, 2.75) is 19.4 Å². The van der Waals surface area contributed by atoms with Crippen LogP contribution in [0.4, 0.5) is 4.39 Å². The Kier molecular flexibility index (Phi) is 3.38. The standard InChI is InChI=1S/C21H17FO/c1-14-11-18-12-17(15-5-3-2-4-6-15)13-20(21(18)23-14)16-7-9-19(22)10-8-16/h2-10,12-14H,11H2,1H3. The first-order chi connectivity index (χ1) is 11.2. The third-order valence-electron chi connectivity index (χ3n) is 4.25. The highest BCUT2D eigenvalue weighted by Crippen LogP contribution is 2.42. The third-order valence-corrected chi connectivity index (χ3v) is 4.25. The Morgan fingerprint density at radius 1 is 0.870 bits per heavy atom. The number of ether oxygens (including phenoxy) is 1. The van der Waals surface area contributed by atoms with Gasteiger partial charge in [-0.3, -0.25) is 0 Å². The first-order valence-corrected chi connectivity index (χ1v) is 7.85. The zero-order valence-electron chi connectivity index (χ0n) is 12.9. The van der Waals surface area contributed by atoms with Gasteiger partial charge in [0.1, 0.15) is 17.7 Å². The summed E-state index contributed by atoms with van der Waals surface area (Å²) in [6, 6.07) is 21.3. The molecular formula is C21H17FO. The normalized spacial score (nSPS) is 16.0. The Morgan fingerprint density at radius 3 is 2.35 bits per heavy atom. The minimum atomic E-state index is -0.223. The molecule has 1 aliphatic rings. The van der Waals surface area contributed by atoms with Crippen molar-refractivity contribution in [2.75, 3.05) is 0 Å². The topological polar surface area (TPSA) is 9.23 Å². The van der Waals surface area contributed by atoms with Crippen molar-refractivity contribution in [1.82, 2.24) is 0 Å². The largest absolute Gasteiger partial charge is 0.489 e. The average Bonchev–Trinajstić information content (AvgIpc) is 2.96. The van der Waals surface area contributed by atoms with E-state index >= 15 is 0 Å². The molecule has 0 fully saturated rings. The fourth-order valence-corrected chi connectivity index (χ4v) is 3.17. The molecule has 1 heterocycles. The molecule has 0 N–H and O–H groups in total. The van der Waals surface area contributed by atoms with Crippen molar-refractivity contribution in [3.63, 3.8) is 0 Å². The fraction of sp³-hybridized carbons (Fsp3) is 0.143. The Labute approximate surface area is 135 Å². The first-order valence-electron chi connectivity index (χ1n) is 7.85. The molecule has 0 aliphatic carbocycles. The van der Waals surface area contributed by atoms with E-state index in [1.807, 2.05) is 30.3 Å². The van der Waals surface area contributed by atoms with E-state index in [-0.39, 0.29) is 11.9 Å². The summed E-state index contributed by atoms with van der Waals surface area (Å²) in [7, 11) is 0. The van der Waals surface area contributed by atoms with Gasteiger partial charge in [0.05, 0.1) is 0 Å². The van der Waals surface area contributed by atoms with E-state index in [0.29, 0.717) is 0 Å². The predicted molar refractivity (Wildman–Crippen MR) is 91.1 cm³/mol. The fourth-order valence-electron chi connectivity index (χ4n) is 3.17. The van der Waals surface area contributed by atoms with Gasteiger partial charge >= 0.3 is 0 Å². The molecule has 0 spiro atoms. The van der Waals surface area contributed by atoms with Crippen molar-refractivity contribution >= 4 is 0 Å². The highest BCUT2D eigenvalue weighted by Gasteiger charge is 2.24. The lowest BCUT2D eigenvalue weighted by Crippen LogP contribution is -2.05. The van der Waals surface area contributed by atoms with Gasteiger partial charge < -0.3 is 4.74 Å². The van der Waals surface area contributed by atoms with E-state index in [9.17, 15) is 4.39 Å². The maximum Gasteiger partial charge on any atom is 0.130 e. The van der Waals surface area contributed by atoms with Crippen LogP contribution in [0.1, 0.15) is 12.5 Å². The molecule has 0 bridgehead atoms. The van der Waals surface area contributed by atoms with Crippen molar-refractivity contribution in [3.8, 4) is 28.0 Å². The summed E-state index contributed by atoms with van der Waals surface area (Å²) in [5.74, 6) is 0.711. The smallest absolute Gasteiger partial charge is 0.130 e. The summed E-state index contributed by atoms with van der Waals surface area (Å²) < 4.78 is 19.3. The van der Waals surface area contributed by atoms with Crippen LogP contribution in [0.3, 0.4) is 0 Å². The summed E-state index contributed by atoms with van der Waals surface area (Å²) in [5.41, 5.74) is 5.58. The van der Waals surface area contributed by atoms with Gasteiger partial charge in [-0.05, 0) is 53.4 Å². The second-order valence-electron chi connectivity index (χ2n) is 6.02. The molecule has 0 saturated carbocycles. The van der Waals surface area contributed by atoms with E-state index in [0.717, 1.165) is 23.3 Å². The van der Waals surface area contributed by atoms with Crippen molar-refractivity contribution in [2.24, 2.45) is 0 Å². The summed E-state index contributed by atoms with van der Waals surface area (Å²) in [6.07, 6.45) is 1.08. The van der Waals surface area contributed by atoms with E-state index in [4.69, 9.17) is 4.74 Å². The van der Waals surface area contributed by atoms with E-state index in [2.05, 4.69) is 31.2 Å². The molecule has 23 heavy (non-hydrogen) atoms. The molecule has 0 radical (unpaired) electrons. The summed E-state index contributed by atoms with van der Waals surface area (Å²) in [6.45, 7) is 2.08. The van der Waals surface area contributed by atoms with Crippen LogP contribution in [0.5, 0.6) is 5.75 Å². The zero-order chi connectivity index (χ0) is 15.8. The first kappa shape index (κ1) is 14.0. The lowest BCUT2D eigenvalue weighted by atomic mass is 9.94. The van der Waals surface area contributed by atoms with Crippen molar-refractivity contribution < 1.29 is 9.13 Å². The quantitative estimate of drug-likeness (QED) is 0.609. The van der Waals surface area contributed by atoms with Crippen LogP contribution < -0.4 is 4.74 Å². The van der Waals surface area contributed by atoms with Gasteiger partial charge in [0.25, 0.3) is 0 Å². The van der Waals surface area contributed by atoms with Gasteiger partial charge in [-0.25, -0.2) is 4.39 Å². The van der Waals surface area contributed by atoms with Gasteiger partial charge in [-0.2, -0.15) is 0 Å². The van der Waals surface area contributed by atoms with E-state index in [1.54, 1.807) is 0 Å². The van der Waals surface area contributed by atoms with Crippen LogP contribution in [-0.2, 0) is 6.42 Å². The Hall–Kier alpha value is -2.61.